The topological polar surface area (TPSA) is 86.8 Å². The van der Waals surface area contributed by atoms with Crippen molar-refractivity contribution in [2.45, 2.75) is 25.7 Å². The van der Waals surface area contributed by atoms with E-state index in [9.17, 15) is 9.59 Å². The van der Waals surface area contributed by atoms with Crippen LogP contribution in [0.25, 0.3) is 27.7 Å². The lowest BCUT2D eigenvalue weighted by atomic mass is 10.0. The summed E-state index contributed by atoms with van der Waals surface area (Å²) in [5.41, 5.74) is 3.43. The zero-order chi connectivity index (χ0) is 22.5. The second-order valence-electron chi connectivity index (χ2n) is 9.14. The van der Waals surface area contributed by atoms with Gasteiger partial charge in [0.05, 0.1) is 10.7 Å². The molecule has 2 aromatic carbocycles. The third kappa shape index (κ3) is 3.76. The summed E-state index contributed by atoms with van der Waals surface area (Å²) in [6.45, 7) is 1.51. The summed E-state index contributed by atoms with van der Waals surface area (Å²) in [5, 5.41) is 8.48. The number of halogens is 1. The lowest BCUT2D eigenvalue weighted by molar-refractivity contribution is -0.131. The van der Waals surface area contributed by atoms with E-state index in [1.807, 2.05) is 47.5 Å². The lowest BCUT2D eigenvalue weighted by Crippen LogP contribution is -2.30. The molecule has 0 bridgehead atoms. The van der Waals surface area contributed by atoms with Gasteiger partial charge in [0.15, 0.2) is 0 Å². The fourth-order valence-corrected chi connectivity index (χ4v) is 5.13. The number of aromatic amines is 2. The van der Waals surface area contributed by atoms with Gasteiger partial charge < -0.3 is 9.88 Å². The molecule has 1 aliphatic heterocycles. The van der Waals surface area contributed by atoms with Crippen molar-refractivity contribution in [2.24, 2.45) is 11.8 Å². The summed E-state index contributed by atoms with van der Waals surface area (Å²) < 4.78 is 1.56. The minimum absolute atomic E-state index is 0.239. The fraction of sp³-hybridized carbons (Fsp3) is 0.320. The summed E-state index contributed by atoms with van der Waals surface area (Å²) in [6.07, 6.45) is 5.50. The van der Waals surface area contributed by atoms with Gasteiger partial charge in [-0.05, 0) is 72.0 Å². The van der Waals surface area contributed by atoms with E-state index in [1.165, 1.54) is 0 Å². The largest absolute Gasteiger partial charge is 0.361 e. The summed E-state index contributed by atoms with van der Waals surface area (Å²) >= 11 is 6.67. The molecule has 33 heavy (non-hydrogen) atoms. The van der Waals surface area contributed by atoms with Crippen molar-refractivity contribution in [3.63, 3.8) is 0 Å². The van der Waals surface area contributed by atoms with Crippen LogP contribution in [0.15, 0.2) is 53.5 Å². The first kappa shape index (κ1) is 20.3. The van der Waals surface area contributed by atoms with E-state index in [-0.39, 0.29) is 23.4 Å². The number of amides is 1. The van der Waals surface area contributed by atoms with Gasteiger partial charge in [0.1, 0.15) is 5.82 Å². The SMILES string of the molecule is O=C(C1CC1)N1CC[C@@H](Cc2n[nH]c(=O)n2-c2ccc(-c3ccc4[nH]ccc4c3)cc2Cl)C1. The maximum Gasteiger partial charge on any atom is 0.347 e. The van der Waals surface area contributed by atoms with Gasteiger partial charge >= 0.3 is 5.69 Å². The van der Waals surface area contributed by atoms with Crippen LogP contribution in [-0.4, -0.2) is 43.6 Å². The van der Waals surface area contributed by atoms with Gasteiger partial charge in [0, 0.05) is 37.1 Å². The molecule has 0 unspecified atom stereocenters. The van der Waals surface area contributed by atoms with Crippen LogP contribution in [0.2, 0.25) is 5.02 Å². The van der Waals surface area contributed by atoms with Gasteiger partial charge in [-0.2, -0.15) is 5.10 Å². The zero-order valence-electron chi connectivity index (χ0n) is 18.1. The molecule has 1 saturated carbocycles. The molecule has 168 valence electrons. The average molecular weight is 462 g/mol. The Morgan fingerprint density at radius 3 is 2.73 bits per heavy atom. The Morgan fingerprint density at radius 2 is 1.91 bits per heavy atom. The Hall–Kier alpha value is -3.32. The van der Waals surface area contributed by atoms with Crippen molar-refractivity contribution >= 4 is 28.4 Å². The van der Waals surface area contributed by atoms with Gasteiger partial charge in [0.25, 0.3) is 0 Å². The van der Waals surface area contributed by atoms with Gasteiger partial charge in [-0.15, -0.1) is 0 Å². The molecule has 4 aromatic rings. The third-order valence-corrected chi connectivity index (χ3v) is 7.12. The van der Waals surface area contributed by atoms with Crippen LogP contribution in [0.4, 0.5) is 0 Å². The number of nitrogens with one attached hydrogen (secondary N) is 2. The van der Waals surface area contributed by atoms with Crippen LogP contribution in [0, 0.1) is 11.8 Å². The van der Waals surface area contributed by atoms with Crippen molar-refractivity contribution < 1.29 is 4.79 Å². The summed E-state index contributed by atoms with van der Waals surface area (Å²) in [4.78, 5) is 30.2. The van der Waals surface area contributed by atoms with E-state index in [2.05, 4.69) is 21.2 Å². The van der Waals surface area contributed by atoms with E-state index in [4.69, 9.17) is 11.6 Å². The lowest BCUT2D eigenvalue weighted by Gasteiger charge is -2.16. The molecule has 7 nitrogen and oxygen atoms in total. The fourth-order valence-electron chi connectivity index (χ4n) is 4.86. The maximum absolute atomic E-state index is 12.6. The molecule has 8 heteroatoms. The number of nitrogens with zero attached hydrogens (tertiary/aromatic N) is 3. The predicted octanol–water partition coefficient (Wildman–Crippen LogP) is 4.16. The molecule has 1 atom stereocenters. The average Bonchev–Trinajstić information content (AvgIpc) is 3.21. The van der Waals surface area contributed by atoms with Crippen LogP contribution >= 0.6 is 11.6 Å². The molecule has 1 saturated heterocycles. The van der Waals surface area contributed by atoms with E-state index in [1.54, 1.807) is 4.57 Å². The maximum atomic E-state index is 12.6. The number of rotatable bonds is 5. The first-order valence-corrected chi connectivity index (χ1v) is 11.8. The number of carbonyl (C=O) groups excluding carboxylic acids is 1. The Morgan fingerprint density at radius 1 is 1.09 bits per heavy atom. The van der Waals surface area contributed by atoms with Gasteiger partial charge in [0.2, 0.25) is 5.91 Å². The molecule has 0 spiro atoms. The molecule has 6 rings (SSSR count). The highest BCUT2D eigenvalue weighted by molar-refractivity contribution is 6.32. The van der Waals surface area contributed by atoms with Gasteiger partial charge in [-0.3, -0.25) is 4.79 Å². The van der Waals surface area contributed by atoms with Gasteiger partial charge in [-0.1, -0.05) is 23.7 Å². The van der Waals surface area contributed by atoms with E-state index in [0.29, 0.717) is 23.0 Å². The molecule has 2 aliphatic rings. The van der Waals surface area contributed by atoms with Crippen molar-refractivity contribution in [3.05, 3.63) is 70.0 Å². The number of carbonyl (C=O) groups is 1. The number of fused-ring (bicyclic) bond motifs is 1. The Kier molecular flexibility index (Phi) is 4.87. The predicted molar refractivity (Wildman–Crippen MR) is 128 cm³/mol. The molecule has 3 heterocycles. The van der Waals surface area contributed by atoms with Crippen molar-refractivity contribution in [2.75, 3.05) is 13.1 Å². The van der Waals surface area contributed by atoms with Crippen molar-refractivity contribution in [3.8, 4) is 16.8 Å². The second kappa shape index (κ2) is 7.92. The van der Waals surface area contributed by atoms with Crippen LogP contribution in [0.1, 0.15) is 25.1 Å². The molecule has 1 aliphatic carbocycles. The molecule has 0 radical (unpaired) electrons. The number of hydrogen-bond acceptors (Lipinski definition) is 3. The minimum Gasteiger partial charge on any atom is -0.361 e. The minimum atomic E-state index is -0.308. The highest BCUT2D eigenvalue weighted by atomic mass is 35.5. The number of likely N-dealkylation sites (tertiary alicyclic amines) is 1. The third-order valence-electron chi connectivity index (χ3n) is 6.81. The first-order valence-electron chi connectivity index (χ1n) is 11.4. The zero-order valence-corrected chi connectivity index (χ0v) is 18.8. The monoisotopic (exact) mass is 461 g/mol. The molecule has 2 N–H and O–H groups in total. The van der Waals surface area contributed by atoms with E-state index < -0.39 is 0 Å². The standard InChI is InChI=1S/C25H24ClN5O2/c26-20-13-18(17-3-5-21-19(12-17)7-9-27-21)4-6-22(20)31-23(28-29-25(31)33)11-15-8-10-30(14-15)24(32)16-1-2-16/h3-7,9,12-13,15-16,27H,1-2,8,10-11,14H2,(H,29,33)/t15-/m0/s1. The van der Waals surface area contributed by atoms with Crippen LogP contribution in [0.3, 0.4) is 0 Å². The number of aromatic nitrogens is 4. The van der Waals surface area contributed by atoms with E-state index >= 15 is 0 Å². The summed E-state index contributed by atoms with van der Waals surface area (Å²) in [6, 6.07) is 14.0. The number of H-pyrrole nitrogens is 2. The highest BCUT2D eigenvalue weighted by Crippen LogP contribution is 2.34. The van der Waals surface area contributed by atoms with Crippen LogP contribution in [0.5, 0.6) is 0 Å². The van der Waals surface area contributed by atoms with Gasteiger partial charge in [-0.25, -0.2) is 14.5 Å². The Balaban J connectivity index is 1.26. The number of hydrogen-bond donors (Lipinski definition) is 2. The number of benzene rings is 2. The Labute approximate surface area is 195 Å². The smallest absolute Gasteiger partial charge is 0.347 e. The van der Waals surface area contributed by atoms with Crippen molar-refractivity contribution in [1.82, 2.24) is 24.6 Å². The molecule has 2 fully saturated rings. The normalized spacial score (nSPS) is 18.3. The first-order chi connectivity index (χ1) is 16.1. The Bertz CT molecular complexity index is 1410. The summed E-state index contributed by atoms with van der Waals surface area (Å²) in [5.74, 6) is 1.46. The van der Waals surface area contributed by atoms with Crippen LogP contribution < -0.4 is 5.69 Å². The highest BCUT2D eigenvalue weighted by Gasteiger charge is 2.37. The molecular formula is C25H24ClN5O2. The van der Waals surface area contributed by atoms with E-state index in [0.717, 1.165) is 54.4 Å². The molecule has 1 amide bonds. The summed E-state index contributed by atoms with van der Waals surface area (Å²) in [7, 11) is 0. The second-order valence-corrected chi connectivity index (χ2v) is 9.55. The molecule has 2 aromatic heterocycles. The molecular weight excluding hydrogens is 438 g/mol. The quantitative estimate of drug-likeness (QED) is 0.467. The van der Waals surface area contributed by atoms with Crippen LogP contribution in [-0.2, 0) is 11.2 Å². The van der Waals surface area contributed by atoms with Crippen molar-refractivity contribution in [1.29, 1.82) is 0 Å².